The van der Waals surface area contributed by atoms with Crippen LogP contribution in [0.15, 0.2) is 12.1 Å². The molecule has 1 atom stereocenters. The minimum atomic E-state index is -0.488. The molecule has 0 aliphatic rings. The molecule has 0 fully saturated rings. The van der Waals surface area contributed by atoms with Crippen molar-refractivity contribution in [2.45, 2.75) is 19.4 Å². The number of benzene rings is 1. The maximum Gasteiger partial charge on any atom is 0.120 e. The molecule has 0 aliphatic carbocycles. The maximum absolute atomic E-state index is 9.56. The average Bonchev–Trinajstić information content (AvgIpc) is 2.11. The molecule has 0 heterocycles. The zero-order valence-corrected chi connectivity index (χ0v) is 8.54. The highest BCUT2D eigenvalue weighted by Gasteiger charge is 2.12. The van der Waals surface area contributed by atoms with Crippen molar-refractivity contribution in [2.24, 2.45) is 5.73 Å². The zero-order chi connectivity index (χ0) is 10.7. The lowest BCUT2D eigenvalue weighted by Gasteiger charge is -2.11. The van der Waals surface area contributed by atoms with Crippen molar-refractivity contribution >= 4 is 11.6 Å². The topological polar surface area (TPSA) is 70.0 Å². The summed E-state index contributed by atoms with van der Waals surface area (Å²) in [5.74, 6) is 0.0923. The highest BCUT2D eigenvalue weighted by Crippen LogP contribution is 2.30. The molecule has 0 saturated carbocycles. The quantitative estimate of drug-likeness (QED) is 0.787. The molecule has 3 nitrogen and oxygen atoms in total. The van der Waals surface area contributed by atoms with Gasteiger partial charge in [0.25, 0.3) is 0 Å². The molecular weight excluding hydrogens is 200 g/mol. The Morgan fingerprint density at radius 3 is 2.86 bits per heavy atom. The van der Waals surface area contributed by atoms with Crippen LogP contribution in [0, 0.1) is 18.3 Å². The molecule has 74 valence electrons. The second kappa shape index (κ2) is 4.32. The highest BCUT2D eigenvalue weighted by atomic mass is 35.5. The number of nitrogens with zero attached hydrogens (tertiary/aromatic N) is 1. The number of hydrogen-bond acceptors (Lipinski definition) is 3. The summed E-state index contributed by atoms with van der Waals surface area (Å²) in [6, 6.07) is 4.62. The van der Waals surface area contributed by atoms with Crippen LogP contribution in [0.4, 0.5) is 0 Å². The fraction of sp³-hybridized carbons (Fsp3) is 0.300. The molecule has 0 aromatic heterocycles. The minimum Gasteiger partial charge on any atom is -0.508 e. The van der Waals surface area contributed by atoms with Gasteiger partial charge in [-0.15, -0.1) is 0 Å². The number of aryl methyl sites for hydroxylation is 1. The van der Waals surface area contributed by atoms with Gasteiger partial charge in [0, 0.05) is 16.6 Å². The van der Waals surface area contributed by atoms with Gasteiger partial charge in [-0.3, -0.25) is 0 Å². The largest absolute Gasteiger partial charge is 0.508 e. The Morgan fingerprint density at radius 2 is 2.29 bits per heavy atom. The second-order valence-electron chi connectivity index (χ2n) is 3.13. The molecule has 0 saturated heterocycles. The van der Waals surface area contributed by atoms with E-state index in [1.165, 1.54) is 0 Å². The Bertz CT molecular complexity index is 384. The fourth-order valence-corrected chi connectivity index (χ4v) is 1.36. The Balaban J connectivity index is 3.10. The first-order chi connectivity index (χ1) is 6.56. The van der Waals surface area contributed by atoms with Gasteiger partial charge < -0.3 is 10.8 Å². The van der Waals surface area contributed by atoms with Crippen molar-refractivity contribution in [3.8, 4) is 11.8 Å². The molecule has 0 spiro atoms. The van der Waals surface area contributed by atoms with Crippen LogP contribution in [-0.2, 0) is 0 Å². The number of rotatable bonds is 2. The lowest BCUT2D eigenvalue weighted by Crippen LogP contribution is -2.09. The molecule has 0 radical (unpaired) electrons. The molecule has 1 rings (SSSR count). The molecule has 4 heteroatoms. The summed E-state index contributed by atoms with van der Waals surface area (Å²) in [6.07, 6.45) is 0.160. The van der Waals surface area contributed by atoms with Crippen LogP contribution in [0.3, 0.4) is 0 Å². The molecule has 1 unspecified atom stereocenters. The SMILES string of the molecule is Cc1cc(O)c(C(N)CC#N)cc1Cl. The molecular formula is C10H11ClN2O. The van der Waals surface area contributed by atoms with Crippen LogP contribution in [0.25, 0.3) is 0 Å². The first-order valence-electron chi connectivity index (χ1n) is 4.17. The standard InChI is InChI=1S/C10H11ClN2O/c1-6-4-10(14)7(5-8(6)11)9(13)2-3-12/h4-5,9,14H,2,13H2,1H3. The van der Waals surface area contributed by atoms with Crippen molar-refractivity contribution in [3.63, 3.8) is 0 Å². The highest BCUT2D eigenvalue weighted by molar-refractivity contribution is 6.31. The van der Waals surface area contributed by atoms with Gasteiger partial charge in [-0.1, -0.05) is 11.6 Å². The Kier molecular flexibility index (Phi) is 3.34. The Hall–Kier alpha value is -1.24. The van der Waals surface area contributed by atoms with E-state index in [0.29, 0.717) is 10.6 Å². The predicted molar refractivity (Wildman–Crippen MR) is 55.0 cm³/mol. The minimum absolute atomic E-state index is 0.0923. The average molecular weight is 211 g/mol. The van der Waals surface area contributed by atoms with Gasteiger partial charge >= 0.3 is 0 Å². The third-order valence-corrected chi connectivity index (χ3v) is 2.43. The summed E-state index contributed by atoms with van der Waals surface area (Å²) in [5, 5.41) is 18.6. The normalized spacial score (nSPS) is 12.1. The smallest absolute Gasteiger partial charge is 0.120 e. The first kappa shape index (κ1) is 10.8. The van der Waals surface area contributed by atoms with Gasteiger partial charge in [-0.25, -0.2) is 0 Å². The van der Waals surface area contributed by atoms with Gasteiger partial charge in [0.05, 0.1) is 12.5 Å². The fourth-order valence-electron chi connectivity index (χ4n) is 1.19. The molecule has 0 amide bonds. The number of phenols is 1. The third kappa shape index (κ3) is 2.16. The van der Waals surface area contributed by atoms with E-state index in [1.54, 1.807) is 19.1 Å². The summed E-state index contributed by atoms with van der Waals surface area (Å²) < 4.78 is 0. The number of aromatic hydroxyl groups is 1. The van der Waals surface area contributed by atoms with E-state index in [9.17, 15) is 5.11 Å². The third-order valence-electron chi connectivity index (χ3n) is 2.02. The van der Waals surface area contributed by atoms with Gasteiger partial charge in [0.15, 0.2) is 0 Å². The van der Waals surface area contributed by atoms with E-state index in [2.05, 4.69) is 0 Å². The van der Waals surface area contributed by atoms with Crippen LogP contribution < -0.4 is 5.73 Å². The lowest BCUT2D eigenvalue weighted by atomic mass is 10.0. The first-order valence-corrected chi connectivity index (χ1v) is 4.55. The van der Waals surface area contributed by atoms with Crippen LogP contribution in [0.2, 0.25) is 5.02 Å². The summed E-state index contributed by atoms with van der Waals surface area (Å²) in [7, 11) is 0. The summed E-state index contributed by atoms with van der Waals surface area (Å²) in [4.78, 5) is 0. The molecule has 14 heavy (non-hydrogen) atoms. The monoisotopic (exact) mass is 210 g/mol. The molecule has 3 N–H and O–H groups in total. The summed E-state index contributed by atoms with van der Waals surface area (Å²) >= 11 is 5.88. The van der Waals surface area contributed by atoms with Gasteiger partial charge in [-0.05, 0) is 24.6 Å². The Morgan fingerprint density at radius 1 is 1.64 bits per heavy atom. The maximum atomic E-state index is 9.56. The van der Waals surface area contributed by atoms with Crippen LogP contribution in [-0.4, -0.2) is 5.11 Å². The van der Waals surface area contributed by atoms with Crippen molar-refractivity contribution in [1.82, 2.24) is 0 Å². The molecule has 0 bridgehead atoms. The van der Waals surface area contributed by atoms with E-state index in [0.717, 1.165) is 5.56 Å². The second-order valence-corrected chi connectivity index (χ2v) is 3.54. The van der Waals surface area contributed by atoms with Gasteiger partial charge in [0.1, 0.15) is 5.75 Å². The number of halogens is 1. The van der Waals surface area contributed by atoms with Crippen molar-refractivity contribution < 1.29 is 5.11 Å². The van der Waals surface area contributed by atoms with Crippen molar-refractivity contribution in [3.05, 3.63) is 28.3 Å². The number of nitriles is 1. The van der Waals surface area contributed by atoms with Gasteiger partial charge in [0.2, 0.25) is 0 Å². The lowest BCUT2D eigenvalue weighted by molar-refractivity contribution is 0.461. The van der Waals surface area contributed by atoms with Crippen molar-refractivity contribution in [2.75, 3.05) is 0 Å². The van der Waals surface area contributed by atoms with E-state index < -0.39 is 6.04 Å². The van der Waals surface area contributed by atoms with Crippen LogP contribution in [0.5, 0.6) is 5.75 Å². The van der Waals surface area contributed by atoms with Crippen LogP contribution in [0.1, 0.15) is 23.6 Å². The number of hydrogen-bond donors (Lipinski definition) is 2. The Labute approximate surface area is 87.7 Å². The van der Waals surface area contributed by atoms with E-state index in [1.807, 2.05) is 6.07 Å². The number of phenolic OH excluding ortho intramolecular Hbond substituents is 1. The van der Waals surface area contributed by atoms with E-state index in [4.69, 9.17) is 22.6 Å². The van der Waals surface area contributed by atoms with E-state index in [-0.39, 0.29) is 12.2 Å². The number of nitrogens with two attached hydrogens (primary N) is 1. The summed E-state index contributed by atoms with van der Waals surface area (Å²) in [6.45, 7) is 1.79. The zero-order valence-electron chi connectivity index (χ0n) is 7.79. The molecule has 1 aromatic carbocycles. The summed E-state index contributed by atoms with van der Waals surface area (Å²) in [5.41, 5.74) is 6.99. The predicted octanol–water partition coefficient (Wildman–Crippen LogP) is 2.27. The van der Waals surface area contributed by atoms with Gasteiger partial charge in [-0.2, -0.15) is 5.26 Å². The van der Waals surface area contributed by atoms with Crippen LogP contribution >= 0.6 is 11.6 Å². The van der Waals surface area contributed by atoms with E-state index >= 15 is 0 Å². The molecule has 1 aromatic rings. The molecule has 0 aliphatic heterocycles. The van der Waals surface area contributed by atoms with Crippen molar-refractivity contribution in [1.29, 1.82) is 5.26 Å².